The fourth-order valence-corrected chi connectivity index (χ4v) is 3.95. The van der Waals surface area contributed by atoms with Gasteiger partial charge in [-0.3, -0.25) is 4.90 Å². The third kappa shape index (κ3) is 5.36. The van der Waals surface area contributed by atoms with E-state index in [4.69, 9.17) is 16.3 Å². The van der Waals surface area contributed by atoms with Gasteiger partial charge in [0, 0.05) is 44.5 Å². The molecule has 1 aromatic heterocycles. The predicted octanol–water partition coefficient (Wildman–Crippen LogP) is 4.47. The lowest BCUT2D eigenvalue weighted by molar-refractivity contribution is 0.0697. The zero-order valence-electron chi connectivity index (χ0n) is 17.4. The highest BCUT2D eigenvalue weighted by molar-refractivity contribution is 6.31. The van der Waals surface area contributed by atoms with Gasteiger partial charge in [-0.1, -0.05) is 29.8 Å². The summed E-state index contributed by atoms with van der Waals surface area (Å²) < 4.78 is 19.1. The highest BCUT2D eigenvalue weighted by atomic mass is 35.5. The molecule has 2 aromatic carbocycles. The summed E-state index contributed by atoms with van der Waals surface area (Å²) >= 11 is 6.07. The molecule has 1 N–H and O–H groups in total. The Bertz CT molecular complexity index is 1100. The second kappa shape index (κ2) is 9.97. The van der Waals surface area contributed by atoms with E-state index in [1.54, 1.807) is 24.4 Å². The molecule has 6 nitrogen and oxygen atoms in total. The molecule has 1 saturated heterocycles. The number of benzene rings is 2. The van der Waals surface area contributed by atoms with E-state index >= 15 is 0 Å². The van der Waals surface area contributed by atoms with E-state index in [0.717, 1.165) is 36.5 Å². The Labute approximate surface area is 190 Å². The van der Waals surface area contributed by atoms with Crippen molar-refractivity contribution in [3.63, 3.8) is 0 Å². The number of pyridine rings is 1. The first kappa shape index (κ1) is 22.0. The van der Waals surface area contributed by atoms with Gasteiger partial charge in [0.2, 0.25) is 0 Å². The molecule has 0 unspecified atom stereocenters. The Hall–Kier alpha value is -3.16. The number of piperazine rings is 1. The van der Waals surface area contributed by atoms with Crippen LogP contribution in [0.15, 0.2) is 60.8 Å². The van der Waals surface area contributed by atoms with Crippen LogP contribution in [-0.2, 0) is 13.2 Å². The van der Waals surface area contributed by atoms with Gasteiger partial charge in [0.25, 0.3) is 0 Å². The Balaban J connectivity index is 1.33. The van der Waals surface area contributed by atoms with Crippen molar-refractivity contribution in [1.82, 2.24) is 9.88 Å². The first-order valence-electron chi connectivity index (χ1n) is 10.3. The van der Waals surface area contributed by atoms with E-state index in [2.05, 4.69) is 9.88 Å². The molecule has 166 valence electrons. The SMILES string of the molecule is O=C(O)c1cccnc1N1CCN(Cc2cccc(OCc3ccc(F)cc3Cl)c2)CC1. The number of carbonyl (C=O) groups is 1. The maximum Gasteiger partial charge on any atom is 0.339 e. The van der Waals surface area contributed by atoms with Gasteiger partial charge < -0.3 is 14.7 Å². The first-order chi connectivity index (χ1) is 15.5. The van der Waals surface area contributed by atoms with Crippen molar-refractivity contribution < 1.29 is 19.0 Å². The van der Waals surface area contributed by atoms with Crippen molar-refractivity contribution in [1.29, 1.82) is 0 Å². The molecule has 0 aliphatic carbocycles. The maximum absolute atomic E-state index is 13.2. The summed E-state index contributed by atoms with van der Waals surface area (Å²) in [6, 6.07) is 15.4. The van der Waals surface area contributed by atoms with Crippen LogP contribution in [0.4, 0.5) is 10.2 Å². The summed E-state index contributed by atoms with van der Waals surface area (Å²) in [7, 11) is 0. The Morgan fingerprint density at radius 1 is 1.09 bits per heavy atom. The van der Waals surface area contributed by atoms with Crippen LogP contribution >= 0.6 is 11.6 Å². The summed E-state index contributed by atoms with van der Waals surface area (Å²) in [4.78, 5) is 20.1. The van der Waals surface area contributed by atoms with Crippen molar-refractivity contribution in [3.8, 4) is 5.75 Å². The summed E-state index contributed by atoms with van der Waals surface area (Å²) in [6.07, 6.45) is 1.62. The van der Waals surface area contributed by atoms with Crippen molar-refractivity contribution in [2.75, 3.05) is 31.1 Å². The van der Waals surface area contributed by atoms with E-state index in [1.165, 1.54) is 12.1 Å². The van der Waals surface area contributed by atoms with Gasteiger partial charge in [0.05, 0.1) is 5.02 Å². The van der Waals surface area contributed by atoms with Crippen LogP contribution in [-0.4, -0.2) is 47.1 Å². The predicted molar refractivity (Wildman–Crippen MR) is 121 cm³/mol. The smallest absolute Gasteiger partial charge is 0.339 e. The number of carboxylic acid groups (broad SMARTS) is 1. The Morgan fingerprint density at radius 3 is 2.66 bits per heavy atom. The standard InChI is InChI=1S/C24H23ClFN3O3/c25-22-14-19(26)7-6-18(22)16-32-20-4-1-3-17(13-20)15-28-9-11-29(12-10-28)23-21(24(30)31)5-2-8-27-23/h1-8,13-14H,9-12,15-16H2,(H,30,31). The molecule has 0 atom stereocenters. The van der Waals surface area contributed by atoms with Gasteiger partial charge in [-0.05, 0) is 42.0 Å². The third-order valence-electron chi connectivity index (χ3n) is 5.40. The number of ether oxygens (including phenoxy) is 1. The first-order valence-corrected chi connectivity index (χ1v) is 10.7. The molecule has 0 bridgehead atoms. The van der Waals surface area contributed by atoms with Crippen LogP contribution in [0, 0.1) is 5.82 Å². The monoisotopic (exact) mass is 455 g/mol. The topological polar surface area (TPSA) is 65.9 Å². The molecule has 1 fully saturated rings. The van der Waals surface area contributed by atoms with Crippen LogP contribution in [0.1, 0.15) is 21.5 Å². The Morgan fingerprint density at radius 2 is 1.91 bits per heavy atom. The summed E-state index contributed by atoms with van der Waals surface area (Å²) in [5.74, 6) is -0.0899. The molecule has 1 aliphatic rings. The quantitative estimate of drug-likeness (QED) is 0.567. The third-order valence-corrected chi connectivity index (χ3v) is 5.75. The van der Waals surface area contributed by atoms with Crippen molar-refractivity contribution >= 4 is 23.4 Å². The fourth-order valence-electron chi connectivity index (χ4n) is 3.73. The molecule has 0 radical (unpaired) electrons. The molecular formula is C24H23ClFN3O3. The number of aromatic nitrogens is 1. The van der Waals surface area contributed by atoms with E-state index in [0.29, 0.717) is 23.9 Å². The molecule has 0 saturated carbocycles. The average Bonchev–Trinajstić information content (AvgIpc) is 2.79. The highest BCUT2D eigenvalue weighted by Gasteiger charge is 2.22. The van der Waals surface area contributed by atoms with Gasteiger partial charge in [-0.15, -0.1) is 0 Å². The molecular weight excluding hydrogens is 433 g/mol. The lowest BCUT2D eigenvalue weighted by Crippen LogP contribution is -2.46. The van der Waals surface area contributed by atoms with Crippen molar-refractivity contribution in [2.24, 2.45) is 0 Å². The van der Waals surface area contributed by atoms with E-state index < -0.39 is 5.97 Å². The minimum Gasteiger partial charge on any atom is -0.489 e. The molecule has 0 amide bonds. The van der Waals surface area contributed by atoms with Gasteiger partial charge >= 0.3 is 5.97 Å². The largest absolute Gasteiger partial charge is 0.489 e. The molecule has 0 spiro atoms. The number of hydrogen-bond donors (Lipinski definition) is 1. The van der Waals surface area contributed by atoms with E-state index in [1.807, 2.05) is 29.2 Å². The lowest BCUT2D eigenvalue weighted by Gasteiger charge is -2.35. The summed E-state index contributed by atoms with van der Waals surface area (Å²) in [5, 5.41) is 9.75. The minimum absolute atomic E-state index is 0.229. The van der Waals surface area contributed by atoms with Crippen LogP contribution in [0.5, 0.6) is 5.75 Å². The average molecular weight is 456 g/mol. The molecule has 8 heteroatoms. The molecule has 32 heavy (non-hydrogen) atoms. The molecule has 4 rings (SSSR count). The van der Waals surface area contributed by atoms with Gasteiger partial charge in [0.15, 0.2) is 0 Å². The maximum atomic E-state index is 13.2. The second-order valence-corrected chi connectivity index (χ2v) is 8.02. The highest BCUT2D eigenvalue weighted by Crippen LogP contribution is 2.23. The van der Waals surface area contributed by atoms with Gasteiger partial charge in [0.1, 0.15) is 29.6 Å². The summed E-state index contributed by atoms with van der Waals surface area (Å²) in [5.41, 5.74) is 2.07. The van der Waals surface area contributed by atoms with E-state index in [9.17, 15) is 14.3 Å². The fraction of sp³-hybridized carbons (Fsp3) is 0.250. The number of nitrogens with zero attached hydrogens (tertiary/aromatic N) is 3. The number of aromatic carboxylic acids is 1. The zero-order chi connectivity index (χ0) is 22.5. The number of hydrogen-bond acceptors (Lipinski definition) is 5. The molecule has 2 heterocycles. The number of anilines is 1. The number of carboxylic acids is 1. The van der Waals surface area contributed by atoms with Crippen LogP contribution in [0.3, 0.4) is 0 Å². The molecule has 1 aliphatic heterocycles. The van der Waals surface area contributed by atoms with Gasteiger partial charge in [-0.25, -0.2) is 14.2 Å². The normalized spacial score (nSPS) is 14.4. The van der Waals surface area contributed by atoms with Crippen molar-refractivity contribution in [2.45, 2.75) is 13.2 Å². The van der Waals surface area contributed by atoms with Crippen LogP contribution < -0.4 is 9.64 Å². The number of halogens is 2. The second-order valence-electron chi connectivity index (χ2n) is 7.61. The Kier molecular flexibility index (Phi) is 6.87. The van der Waals surface area contributed by atoms with E-state index in [-0.39, 0.29) is 18.0 Å². The van der Waals surface area contributed by atoms with Gasteiger partial charge in [-0.2, -0.15) is 0 Å². The molecule has 3 aromatic rings. The zero-order valence-corrected chi connectivity index (χ0v) is 18.1. The van der Waals surface area contributed by atoms with Crippen molar-refractivity contribution in [3.05, 3.63) is 88.3 Å². The number of rotatable bonds is 7. The minimum atomic E-state index is -0.964. The summed E-state index contributed by atoms with van der Waals surface area (Å²) in [6.45, 7) is 4.03. The van der Waals surface area contributed by atoms with Crippen LogP contribution in [0.25, 0.3) is 0 Å². The van der Waals surface area contributed by atoms with Crippen LogP contribution in [0.2, 0.25) is 5.02 Å². The lowest BCUT2D eigenvalue weighted by atomic mass is 10.1.